The lowest BCUT2D eigenvalue weighted by atomic mass is 9.85. The number of hydrogen-bond acceptors (Lipinski definition) is 1. The standard InChI is InChI=1S/C14H21F2N/c1-8(2)10(4)14(17-5)11-6-9(3)12(15)7-13(11)16/h6-8,10,14,17H,1-5H3. The van der Waals surface area contributed by atoms with E-state index >= 15 is 0 Å². The van der Waals surface area contributed by atoms with Gasteiger partial charge in [-0.05, 0) is 37.4 Å². The molecule has 0 aliphatic heterocycles. The normalized spacial score (nSPS) is 15.1. The van der Waals surface area contributed by atoms with Crippen LogP contribution in [0.2, 0.25) is 0 Å². The van der Waals surface area contributed by atoms with E-state index < -0.39 is 11.6 Å². The average Bonchev–Trinajstić information content (AvgIpc) is 2.25. The molecule has 0 fully saturated rings. The Kier molecular flexibility index (Phi) is 4.63. The third-order valence-corrected chi connectivity index (χ3v) is 3.50. The summed E-state index contributed by atoms with van der Waals surface area (Å²) >= 11 is 0. The van der Waals surface area contributed by atoms with Crippen molar-refractivity contribution in [2.24, 2.45) is 11.8 Å². The number of benzene rings is 1. The van der Waals surface area contributed by atoms with Crippen LogP contribution in [-0.4, -0.2) is 7.05 Å². The third kappa shape index (κ3) is 3.03. The fraction of sp³-hybridized carbons (Fsp3) is 0.571. The maximum atomic E-state index is 13.8. The molecule has 2 unspecified atom stereocenters. The summed E-state index contributed by atoms with van der Waals surface area (Å²) in [6.07, 6.45) is 0. The van der Waals surface area contributed by atoms with E-state index in [0.717, 1.165) is 6.07 Å². The first-order valence-electron chi connectivity index (χ1n) is 6.01. The van der Waals surface area contributed by atoms with Gasteiger partial charge in [0.25, 0.3) is 0 Å². The quantitative estimate of drug-likeness (QED) is 0.844. The van der Waals surface area contributed by atoms with Crippen LogP contribution in [0.15, 0.2) is 12.1 Å². The second-order valence-electron chi connectivity index (χ2n) is 4.99. The van der Waals surface area contributed by atoms with E-state index in [0.29, 0.717) is 17.0 Å². The van der Waals surface area contributed by atoms with Gasteiger partial charge in [0.2, 0.25) is 0 Å². The Morgan fingerprint density at radius 2 is 1.65 bits per heavy atom. The lowest BCUT2D eigenvalue weighted by Gasteiger charge is -2.27. The SMILES string of the molecule is CNC(c1cc(C)c(F)cc1F)C(C)C(C)C. The minimum absolute atomic E-state index is 0.0886. The van der Waals surface area contributed by atoms with E-state index in [2.05, 4.69) is 26.1 Å². The first kappa shape index (κ1) is 14.1. The van der Waals surface area contributed by atoms with Crippen molar-refractivity contribution >= 4 is 0 Å². The summed E-state index contributed by atoms with van der Waals surface area (Å²) in [5.74, 6) is -0.255. The van der Waals surface area contributed by atoms with Gasteiger partial charge in [0.15, 0.2) is 0 Å². The summed E-state index contributed by atoms with van der Waals surface area (Å²) in [4.78, 5) is 0. The average molecular weight is 241 g/mol. The van der Waals surface area contributed by atoms with Gasteiger partial charge in [-0.1, -0.05) is 20.8 Å². The van der Waals surface area contributed by atoms with E-state index in [-0.39, 0.29) is 12.0 Å². The molecular formula is C14H21F2N. The highest BCUT2D eigenvalue weighted by Crippen LogP contribution is 2.30. The molecule has 0 heterocycles. The first-order valence-corrected chi connectivity index (χ1v) is 6.01. The Hall–Kier alpha value is -0.960. The van der Waals surface area contributed by atoms with Crippen molar-refractivity contribution in [1.29, 1.82) is 0 Å². The van der Waals surface area contributed by atoms with E-state index in [9.17, 15) is 8.78 Å². The largest absolute Gasteiger partial charge is 0.313 e. The lowest BCUT2D eigenvalue weighted by Crippen LogP contribution is -2.27. The van der Waals surface area contributed by atoms with Gasteiger partial charge in [-0.15, -0.1) is 0 Å². The summed E-state index contributed by atoms with van der Waals surface area (Å²) in [7, 11) is 1.81. The summed E-state index contributed by atoms with van der Waals surface area (Å²) in [5.41, 5.74) is 1.03. The van der Waals surface area contributed by atoms with E-state index in [1.165, 1.54) is 0 Å². The van der Waals surface area contributed by atoms with Gasteiger partial charge in [0, 0.05) is 17.7 Å². The van der Waals surface area contributed by atoms with Crippen molar-refractivity contribution in [2.75, 3.05) is 7.05 Å². The van der Waals surface area contributed by atoms with Crippen LogP contribution >= 0.6 is 0 Å². The number of rotatable bonds is 4. The van der Waals surface area contributed by atoms with Crippen molar-refractivity contribution in [3.8, 4) is 0 Å². The molecule has 1 aromatic rings. The molecule has 3 heteroatoms. The molecule has 0 bridgehead atoms. The van der Waals surface area contributed by atoms with Crippen molar-refractivity contribution in [3.05, 3.63) is 34.9 Å². The summed E-state index contributed by atoms with van der Waals surface area (Å²) < 4.78 is 27.0. The zero-order valence-corrected chi connectivity index (χ0v) is 11.1. The van der Waals surface area contributed by atoms with Crippen LogP contribution in [0.3, 0.4) is 0 Å². The molecule has 1 aromatic carbocycles. The van der Waals surface area contributed by atoms with Gasteiger partial charge in [-0.3, -0.25) is 0 Å². The second-order valence-corrected chi connectivity index (χ2v) is 4.99. The van der Waals surface area contributed by atoms with Crippen molar-refractivity contribution in [3.63, 3.8) is 0 Å². The number of hydrogen-bond donors (Lipinski definition) is 1. The highest BCUT2D eigenvalue weighted by molar-refractivity contribution is 5.28. The molecule has 96 valence electrons. The second kappa shape index (κ2) is 5.58. The molecule has 1 nitrogen and oxygen atoms in total. The van der Waals surface area contributed by atoms with Crippen LogP contribution in [0.5, 0.6) is 0 Å². The predicted octanol–water partition coefficient (Wildman–Crippen LogP) is 3.83. The maximum Gasteiger partial charge on any atom is 0.130 e. The minimum atomic E-state index is -0.488. The number of halogens is 2. The zero-order chi connectivity index (χ0) is 13.2. The van der Waals surface area contributed by atoms with Crippen molar-refractivity contribution < 1.29 is 8.78 Å². The van der Waals surface area contributed by atoms with Gasteiger partial charge >= 0.3 is 0 Å². The van der Waals surface area contributed by atoms with Gasteiger partial charge in [-0.25, -0.2) is 8.78 Å². The molecule has 1 N–H and O–H groups in total. The van der Waals surface area contributed by atoms with Crippen LogP contribution < -0.4 is 5.32 Å². The van der Waals surface area contributed by atoms with Gasteiger partial charge < -0.3 is 5.32 Å². The highest BCUT2D eigenvalue weighted by atomic mass is 19.1. The molecule has 17 heavy (non-hydrogen) atoms. The first-order chi connectivity index (χ1) is 7.88. The highest BCUT2D eigenvalue weighted by Gasteiger charge is 2.23. The Morgan fingerprint density at radius 3 is 2.12 bits per heavy atom. The number of aryl methyl sites for hydroxylation is 1. The minimum Gasteiger partial charge on any atom is -0.313 e. The topological polar surface area (TPSA) is 12.0 Å². The Balaban J connectivity index is 3.16. The molecular weight excluding hydrogens is 220 g/mol. The van der Waals surface area contributed by atoms with Crippen LogP contribution in [-0.2, 0) is 0 Å². The van der Waals surface area contributed by atoms with E-state index in [1.807, 2.05) is 7.05 Å². The third-order valence-electron chi connectivity index (χ3n) is 3.50. The van der Waals surface area contributed by atoms with Crippen LogP contribution in [0, 0.1) is 30.4 Å². The summed E-state index contributed by atoms with van der Waals surface area (Å²) in [6.45, 7) is 7.93. The van der Waals surface area contributed by atoms with E-state index in [1.54, 1.807) is 13.0 Å². The molecule has 0 aliphatic carbocycles. The molecule has 1 rings (SSSR count). The summed E-state index contributed by atoms with van der Waals surface area (Å²) in [5, 5.41) is 3.12. The monoisotopic (exact) mass is 241 g/mol. The number of nitrogens with one attached hydrogen (secondary N) is 1. The van der Waals surface area contributed by atoms with Gasteiger partial charge in [0.1, 0.15) is 11.6 Å². The molecule has 0 spiro atoms. The smallest absolute Gasteiger partial charge is 0.130 e. The molecule has 0 saturated heterocycles. The Bertz CT molecular complexity index is 388. The van der Waals surface area contributed by atoms with Gasteiger partial charge in [0.05, 0.1) is 0 Å². The van der Waals surface area contributed by atoms with Crippen LogP contribution in [0.25, 0.3) is 0 Å². The fourth-order valence-electron chi connectivity index (χ4n) is 2.00. The van der Waals surface area contributed by atoms with E-state index in [4.69, 9.17) is 0 Å². The molecule has 0 aromatic heterocycles. The molecule has 2 atom stereocenters. The fourth-order valence-corrected chi connectivity index (χ4v) is 2.00. The molecule has 0 aliphatic rings. The predicted molar refractivity (Wildman–Crippen MR) is 66.9 cm³/mol. The van der Waals surface area contributed by atoms with Crippen LogP contribution in [0.4, 0.5) is 8.78 Å². The zero-order valence-electron chi connectivity index (χ0n) is 11.1. The van der Waals surface area contributed by atoms with Crippen LogP contribution in [0.1, 0.15) is 37.9 Å². The molecule has 0 amide bonds. The van der Waals surface area contributed by atoms with Gasteiger partial charge in [-0.2, -0.15) is 0 Å². The molecule has 0 saturated carbocycles. The maximum absolute atomic E-state index is 13.8. The van der Waals surface area contributed by atoms with Crippen molar-refractivity contribution in [2.45, 2.75) is 33.7 Å². The van der Waals surface area contributed by atoms with Crippen molar-refractivity contribution in [1.82, 2.24) is 5.32 Å². The summed E-state index contributed by atoms with van der Waals surface area (Å²) in [6, 6.07) is 2.49. The lowest BCUT2D eigenvalue weighted by molar-refractivity contribution is 0.310. The molecule has 0 radical (unpaired) electrons. The Labute approximate surface area is 102 Å². The Morgan fingerprint density at radius 1 is 1.06 bits per heavy atom.